The van der Waals surface area contributed by atoms with Crippen molar-refractivity contribution in [1.82, 2.24) is 20.1 Å². The van der Waals surface area contributed by atoms with Crippen LogP contribution in [0.2, 0.25) is 0 Å². The first-order valence-corrected chi connectivity index (χ1v) is 8.50. The molecule has 7 nitrogen and oxygen atoms in total. The van der Waals surface area contributed by atoms with Gasteiger partial charge in [-0.15, -0.1) is 0 Å². The van der Waals surface area contributed by atoms with E-state index in [4.69, 9.17) is 9.47 Å². The Labute approximate surface area is 147 Å². The van der Waals surface area contributed by atoms with Crippen LogP contribution in [0.1, 0.15) is 49.2 Å². The molecule has 0 bridgehead atoms. The van der Waals surface area contributed by atoms with Crippen LogP contribution in [0.3, 0.4) is 0 Å². The first kappa shape index (κ1) is 17.6. The number of hydrogen-bond acceptors (Lipinski definition) is 5. The molecule has 1 aromatic heterocycles. The van der Waals surface area contributed by atoms with E-state index in [2.05, 4.69) is 15.2 Å². The molecule has 134 valence electrons. The third-order valence-corrected chi connectivity index (χ3v) is 4.28. The maximum atomic E-state index is 12.9. The maximum absolute atomic E-state index is 12.9. The molecule has 0 radical (unpaired) electrons. The van der Waals surface area contributed by atoms with Crippen molar-refractivity contribution >= 4 is 5.91 Å². The van der Waals surface area contributed by atoms with Gasteiger partial charge in [-0.25, -0.2) is 4.98 Å². The van der Waals surface area contributed by atoms with Gasteiger partial charge in [-0.3, -0.25) is 9.89 Å². The van der Waals surface area contributed by atoms with E-state index >= 15 is 0 Å². The molecule has 0 spiro atoms. The first-order chi connectivity index (χ1) is 12.1. The van der Waals surface area contributed by atoms with E-state index < -0.39 is 6.10 Å². The van der Waals surface area contributed by atoms with Crippen molar-refractivity contribution < 1.29 is 14.3 Å². The Morgan fingerprint density at radius 2 is 2.12 bits per heavy atom. The predicted octanol–water partition coefficient (Wildman–Crippen LogP) is 2.22. The summed E-state index contributed by atoms with van der Waals surface area (Å²) in [7, 11) is 1.55. The lowest BCUT2D eigenvalue weighted by molar-refractivity contribution is -0.150. The number of H-pyrrole nitrogens is 1. The number of carbonyl (C=O) groups is 1. The van der Waals surface area contributed by atoms with Crippen LogP contribution >= 0.6 is 0 Å². The highest BCUT2D eigenvalue weighted by atomic mass is 16.5. The second kappa shape index (κ2) is 7.76. The van der Waals surface area contributed by atoms with Gasteiger partial charge in [0.1, 0.15) is 6.10 Å². The van der Waals surface area contributed by atoms with Gasteiger partial charge in [0.15, 0.2) is 17.8 Å². The second-order valence-corrected chi connectivity index (χ2v) is 6.40. The van der Waals surface area contributed by atoms with Gasteiger partial charge in [-0.05, 0) is 5.56 Å². The largest absolute Gasteiger partial charge is 0.367 e. The van der Waals surface area contributed by atoms with Crippen LogP contribution in [-0.2, 0) is 14.3 Å². The van der Waals surface area contributed by atoms with Crippen molar-refractivity contribution in [2.24, 2.45) is 0 Å². The van der Waals surface area contributed by atoms with Gasteiger partial charge in [-0.1, -0.05) is 44.2 Å². The molecule has 1 fully saturated rings. The number of benzene rings is 1. The molecule has 1 aromatic carbocycles. The van der Waals surface area contributed by atoms with Crippen LogP contribution in [0.15, 0.2) is 30.3 Å². The van der Waals surface area contributed by atoms with Crippen LogP contribution in [-0.4, -0.2) is 52.8 Å². The zero-order valence-electron chi connectivity index (χ0n) is 14.8. The molecule has 2 aromatic rings. The van der Waals surface area contributed by atoms with Crippen LogP contribution in [0.5, 0.6) is 0 Å². The number of rotatable bonds is 5. The summed E-state index contributed by atoms with van der Waals surface area (Å²) in [4.78, 5) is 19.2. The standard InChI is InChI=1S/C18H24N4O3/c1-12(2)16-19-17(21-20-16)14-11-22(9-10-25-14)18(23)15(24-3)13-7-5-4-6-8-13/h4-8,12,14-15H,9-11H2,1-3H3,(H,19,20,21)/t14-,15-/m1/s1. The molecule has 25 heavy (non-hydrogen) atoms. The van der Waals surface area contributed by atoms with Crippen molar-refractivity contribution in [1.29, 1.82) is 0 Å². The zero-order valence-corrected chi connectivity index (χ0v) is 14.8. The SMILES string of the molecule is CO[C@@H](C(=O)N1CCO[C@@H](c2nc(C(C)C)n[nH]2)C1)c1ccccc1. The highest BCUT2D eigenvalue weighted by Gasteiger charge is 2.32. The van der Waals surface area contributed by atoms with E-state index in [9.17, 15) is 4.79 Å². The smallest absolute Gasteiger partial charge is 0.256 e. The van der Waals surface area contributed by atoms with E-state index in [0.29, 0.717) is 25.5 Å². The number of hydrogen-bond donors (Lipinski definition) is 1. The van der Waals surface area contributed by atoms with E-state index in [-0.39, 0.29) is 17.9 Å². The lowest BCUT2D eigenvalue weighted by Crippen LogP contribution is -2.45. The summed E-state index contributed by atoms with van der Waals surface area (Å²) in [5.41, 5.74) is 0.847. The van der Waals surface area contributed by atoms with E-state index in [1.54, 1.807) is 12.0 Å². The average Bonchev–Trinajstić information content (AvgIpc) is 3.14. The average molecular weight is 344 g/mol. The molecule has 1 aliphatic rings. The van der Waals surface area contributed by atoms with Gasteiger partial charge in [0.25, 0.3) is 5.91 Å². The van der Waals surface area contributed by atoms with Crippen molar-refractivity contribution in [3.8, 4) is 0 Å². The van der Waals surface area contributed by atoms with Crippen LogP contribution in [0.25, 0.3) is 0 Å². The number of methoxy groups -OCH3 is 1. The monoisotopic (exact) mass is 344 g/mol. The fourth-order valence-electron chi connectivity index (χ4n) is 2.88. The Morgan fingerprint density at radius 3 is 2.76 bits per heavy atom. The molecule has 2 atom stereocenters. The summed E-state index contributed by atoms with van der Waals surface area (Å²) in [5, 5.41) is 7.15. The molecule has 1 amide bonds. The molecular weight excluding hydrogens is 320 g/mol. The molecule has 3 rings (SSSR count). The molecule has 1 saturated heterocycles. The van der Waals surface area contributed by atoms with Crippen molar-refractivity contribution in [3.63, 3.8) is 0 Å². The van der Waals surface area contributed by atoms with E-state index in [1.165, 1.54) is 0 Å². The molecule has 2 heterocycles. The summed E-state index contributed by atoms with van der Waals surface area (Å²) in [6.45, 7) is 5.49. The quantitative estimate of drug-likeness (QED) is 0.899. The first-order valence-electron chi connectivity index (χ1n) is 8.50. The molecule has 0 unspecified atom stereocenters. The molecular formula is C18H24N4O3. The number of amides is 1. The lowest BCUT2D eigenvalue weighted by atomic mass is 10.1. The number of aromatic nitrogens is 3. The third-order valence-electron chi connectivity index (χ3n) is 4.28. The topological polar surface area (TPSA) is 80.3 Å². The Balaban J connectivity index is 1.72. The van der Waals surface area contributed by atoms with Crippen molar-refractivity contribution in [2.75, 3.05) is 26.8 Å². The molecule has 1 N–H and O–H groups in total. The number of ether oxygens (including phenoxy) is 2. The Kier molecular flexibility index (Phi) is 5.45. The van der Waals surface area contributed by atoms with E-state index in [0.717, 1.165) is 11.4 Å². The van der Waals surface area contributed by atoms with Crippen molar-refractivity contribution in [2.45, 2.75) is 32.0 Å². The van der Waals surface area contributed by atoms with Crippen LogP contribution < -0.4 is 0 Å². The molecule has 7 heteroatoms. The van der Waals surface area contributed by atoms with Gasteiger partial charge >= 0.3 is 0 Å². The number of nitrogens with one attached hydrogen (secondary N) is 1. The van der Waals surface area contributed by atoms with Gasteiger partial charge < -0.3 is 14.4 Å². The van der Waals surface area contributed by atoms with Gasteiger partial charge in [0.2, 0.25) is 0 Å². The van der Waals surface area contributed by atoms with Gasteiger partial charge in [0.05, 0.1) is 13.2 Å². The summed E-state index contributed by atoms with van der Waals surface area (Å²) in [5.74, 6) is 1.59. The molecule has 1 aliphatic heterocycles. The lowest BCUT2D eigenvalue weighted by Gasteiger charge is -2.33. The Bertz CT molecular complexity index is 701. The zero-order chi connectivity index (χ0) is 17.8. The van der Waals surface area contributed by atoms with Crippen LogP contribution in [0, 0.1) is 0 Å². The minimum absolute atomic E-state index is 0.0643. The van der Waals surface area contributed by atoms with Crippen molar-refractivity contribution in [3.05, 3.63) is 47.5 Å². The van der Waals surface area contributed by atoms with Gasteiger partial charge in [0, 0.05) is 19.6 Å². The number of aromatic amines is 1. The predicted molar refractivity (Wildman–Crippen MR) is 91.9 cm³/mol. The molecule has 0 aliphatic carbocycles. The van der Waals surface area contributed by atoms with Crippen LogP contribution in [0.4, 0.5) is 0 Å². The number of nitrogens with zero attached hydrogens (tertiary/aromatic N) is 3. The fourth-order valence-corrected chi connectivity index (χ4v) is 2.88. The summed E-state index contributed by atoms with van der Waals surface area (Å²) < 4.78 is 11.2. The third kappa shape index (κ3) is 3.88. The normalized spacial score (nSPS) is 19.2. The highest BCUT2D eigenvalue weighted by Crippen LogP contribution is 2.25. The minimum Gasteiger partial charge on any atom is -0.367 e. The summed E-state index contributed by atoms with van der Waals surface area (Å²) in [6.07, 6.45) is -0.910. The summed E-state index contributed by atoms with van der Waals surface area (Å²) >= 11 is 0. The summed E-state index contributed by atoms with van der Waals surface area (Å²) in [6, 6.07) is 9.52. The molecule has 0 saturated carbocycles. The number of morpholine rings is 1. The van der Waals surface area contributed by atoms with Gasteiger partial charge in [-0.2, -0.15) is 5.10 Å². The highest BCUT2D eigenvalue weighted by molar-refractivity contribution is 5.82. The minimum atomic E-state index is -0.610. The Morgan fingerprint density at radius 1 is 1.36 bits per heavy atom. The fraction of sp³-hybridized carbons (Fsp3) is 0.500. The number of carbonyl (C=O) groups excluding carboxylic acids is 1. The van der Waals surface area contributed by atoms with E-state index in [1.807, 2.05) is 44.2 Å². The second-order valence-electron chi connectivity index (χ2n) is 6.40. The Hall–Kier alpha value is -2.25. The maximum Gasteiger partial charge on any atom is 0.256 e.